The number of rotatable bonds is 7. The van der Waals surface area contributed by atoms with Gasteiger partial charge in [0, 0.05) is 0 Å². The fourth-order valence-electron chi connectivity index (χ4n) is 2.71. The summed E-state index contributed by atoms with van der Waals surface area (Å²) in [6.07, 6.45) is 0. The number of para-hydroxylation sites is 2. The molecule has 0 aliphatic rings. The lowest BCUT2D eigenvalue weighted by Crippen LogP contribution is -2.50. The highest BCUT2D eigenvalue weighted by molar-refractivity contribution is 9.10. The second kappa shape index (κ2) is 11.3. The number of benzene rings is 3. The van der Waals surface area contributed by atoms with Crippen molar-refractivity contribution in [3.05, 3.63) is 65.1 Å². The van der Waals surface area contributed by atoms with Crippen LogP contribution in [0.5, 0.6) is 17.2 Å². The second-order valence-electron chi connectivity index (χ2n) is 6.38. The molecule has 0 unspecified atom stereocenters. The summed E-state index contributed by atoms with van der Waals surface area (Å²) in [5.74, 6) is 0.484. The zero-order valence-electron chi connectivity index (χ0n) is 17.0. The van der Waals surface area contributed by atoms with Gasteiger partial charge in [-0.3, -0.25) is 25.8 Å². The number of hydrogen-bond acceptors (Lipinski definition) is 6. The highest BCUT2D eigenvalue weighted by Crippen LogP contribution is 2.33. The molecule has 0 bridgehead atoms. The first-order chi connectivity index (χ1) is 15.5. The molecule has 0 saturated heterocycles. The Morgan fingerprint density at radius 1 is 0.844 bits per heavy atom. The number of nitrogens with one attached hydrogen (secondary N) is 3. The molecule has 0 aliphatic heterocycles. The zero-order valence-corrected chi connectivity index (χ0v) is 19.4. The molecule has 0 spiro atoms. The van der Waals surface area contributed by atoms with Crippen LogP contribution in [0, 0.1) is 0 Å². The maximum absolute atomic E-state index is 12.1. The number of hydrogen-bond donors (Lipinski definition) is 3. The molecule has 0 fully saturated rings. The number of carbonyl (C=O) groups excluding carboxylic acids is 2. The summed E-state index contributed by atoms with van der Waals surface area (Å²) in [5.41, 5.74) is 4.78. The van der Waals surface area contributed by atoms with Gasteiger partial charge in [0.1, 0.15) is 5.75 Å². The van der Waals surface area contributed by atoms with E-state index in [1.54, 1.807) is 30.3 Å². The van der Waals surface area contributed by atoms with E-state index in [4.69, 9.17) is 26.4 Å². The maximum atomic E-state index is 12.1. The molecule has 2 amide bonds. The van der Waals surface area contributed by atoms with Gasteiger partial charge in [0.05, 0.1) is 11.6 Å². The van der Waals surface area contributed by atoms with E-state index in [9.17, 15) is 9.59 Å². The molecular weight excluding hydrogens is 498 g/mol. The van der Waals surface area contributed by atoms with E-state index >= 15 is 0 Å². The number of methoxy groups -OCH3 is 1. The van der Waals surface area contributed by atoms with E-state index in [2.05, 4.69) is 32.1 Å². The van der Waals surface area contributed by atoms with Gasteiger partial charge in [-0.2, -0.15) is 0 Å². The fourth-order valence-corrected chi connectivity index (χ4v) is 3.48. The lowest BCUT2D eigenvalue weighted by Gasteiger charge is -2.13. The smallest absolute Gasteiger partial charge is 0.276 e. The second-order valence-corrected chi connectivity index (χ2v) is 7.58. The quantitative estimate of drug-likeness (QED) is 0.327. The van der Waals surface area contributed by atoms with Crippen LogP contribution in [-0.2, 0) is 9.59 Å². The Hall–Kier alpha value is -3.37. The summed E-state index contributed by atoms with van der Waals surface area (Å²) < 4.78 is 16.9. The van der Waals surface area contributed by atoms with Crippen molar-refractivity contribution in [1.29, 1.82) is 0 Å². The number of fused-ring (bicyclic) bond motifs is 1. The van der Waals surface area contributed by atoms with Gasteiger partial charge in [-0.25, -0.2) is 0 Å². The minimum atomic E-state index is -0.496. The predicted octanol–water partition coefficient (Wildman–Crippen LogP) is 3.09. The Morgan fingerprint density at radius 3 is 2.28 bits per heavy atom. The molecule has 0 aromatic heterocycles. The third-order valence-electron chi connectivity index (χ3n) is 4.18. The van der Waals surface area contributed by atoms with Gasteiger partial charge in [-0.1, -0.05) is 42.5 Å². The van der Waals surface area contributed by atoms with E-state index in [0.29, 0.717) is 17.2 Å². The van der Waals surface area contributed by atoms with Gasteiger partial charge < -0.3 is 14.2 Å². The SMILES string of the molecule is COc1ccccc1OCC(=O)NNC(=S)NC(=O)COc1ccc2ccccc2c1Br. The van der Waals surface area contributed by atoms with Crippen molar-refractivity contribution in [1.82, 2.24) is 16.2 Å². The van der Waals surface area contributed by atoms with Crippen LogP contribution in [0.15, 0.2) is 65.1 Å². The summed E-state index contributed by atoms with van der Waals surface area (Å²) >= 11 is 8.50. The first kappa shape index (κ1) is 23.3. The minimum Gasteiger partial charge on any atom is -0.493 e. The number of amides is 2. The van der Waals surface area contributed by atoms with Crippen LogP contribution >= 0.6 is 28.1 Å². The van der Waals surface area contributed by atoms with Gasteiger partial charge in [-0.05, 0) is 57.1 Å². The van der Waals surface area contributed by atoms with Crippen LogP contribution < -0.4 is 30.4 Å². The molecule has 10 heteroatoms. The standard InChI is InChI=1S/C22H20BrN3O5S/c1-29-16-8-4-5-9-17(16)30-13-20(28)25-26-22(32)24-19(27)12-31-18-11-10-14-6-2-3-7-15(14)21(18)23/h2-11H,12-13H2,1H3,(H,25,28)(H2,24,26,27,32). The van der Waals surface area contributed by atoms with E-state index in [1.165, 1.54) is 7.11 Å². The number of halogens is 1. The molecule has 3 aromatic carbocycles. The largest absolute Gasteiger partial charge is 0.493 e. The zero-order chi connectivity index (χ0) is 22.9. The number of ether oxygens (including phenoxy) is 3. The Kier molecular flexibility index (Phi) is 8.23. The molecule has 0 radical (unpaired) electrons. The van der Waals surface area contributed by atoms with Crippen molar-refractivity contribution in [3.63, 3.8) is 0 Å². The summed E-state index contributed by atoms with van der Waals surface area (Å²) in [6, 6.07) is 18.4. The Balaban J connectivity index is 1.40. The molecule has 8 nitrogen and oxygen atoms in total. The van der Waals surface area contributed by atoms with Gasteiger partial charge in [0.25, 0.3) is 11.8 Å². The number of hydrazine groups is 1. The first-order valence-corrected chi connectivity index (χ1v) is 10.6. The monoisotopic (exact) mass is 517 g/mol. The normalized spacial score (nSPS) is 10.2. The van der Waals surface area contributed by atoms with Crippen LogP contribution in [0.3, 0.4) is 0 Å². The predicted molar refractivity (Wildman–Crippen MR) is 128 cm³/mol. The first-order valence-electron chi connectivity index (χ1n) is 9.42. The van der Waals surface area contributed by atoms with Crippen LogP contribution in [0.1, 0.15) is 0 Å². The molecule has 3 N–H and O–H groups in total. The van der Waals surface area contributed by atoms with Crippen molar-refractivity contribution < 1.29 is 23.8 Å². The lowest BCUT2D eigenvalue weighted by molar-refractivity contribution is -0.124. The van der Waals surface area contributed by atoms with Crippen LogP contribution in [0.4, 0.5) is 0 Å². The highest BCUT2D eigenvalue weighted by atomic mass is 79.9. The Morgan fingerprint density at radius 2 is 1.50 bits per heavy atom. The van der Waals surface area contributed by atoms with Crippen molar-refractivity contribution >= 4 is 55.8 Å². The molecule has 0 heterocycles. The maximum Gasteiger partial charge on any atom is 0.276 e. The molecule has 3 rings (SSSR count). The van der Waals surface area contributed by atoms with Gasteiger partial charge in [-0.15, -0.1) is 0 Å². The van der Waals surface area contributed by atoms with Crippen LogP contribution in [0.25, 0.3) is 10.8 Å². The van der Waals surface area contributed by atoms with E-state index in [-0.39, 0.29) is 18.3 Å². The molecule has 3 aromatic rings. The molecular formula is C22H20BrN3O5S. The topological polar surface area (TPSA) is 97.9 Å². The van der Waals surface area contributed by atoms with E-state index in [1.807, 2.05) is 30.3 Å². The van der Waals surface area contributed by atoms with Crippen molar-refractivity contribution in [2.45, 2.75) is 0 Å². The summed E-state index contributed by atoms with van der Waals surface area (Å²) in [7, 11) is 1.51. The van der Waals surface area contributed by atoms with Gasteiger partial charge in [0.15, 0.2) is 29.8 Å². The summed E-state index contributed by atoms with van der Waals surface area (Å²) in [4.78, 5) is 24.0. The van der Waals surface area contributed by atoms with E-state index < -0.39 is 11.8 Å². The molecule has 166 valence electrons. The fraction of sp³-hybridized carbons (Fsp3) is 0.136. The molecule has 0 saturated carbocycles. The third-order valence-corrected chi connectivity index (χ3v) is 5.20. The molecule has 0 atom stereocenters. The number of thiocarbonyl (C=S) groups is 1. The summed E-state index contributed by atoms with van der Waals surface area (Å²) in [5, 5.41) is 4.36. The highest BCUT2D eigenvalue weighted by Gasteiger charge is 2.11. The molecule has 0 aliphatic carbocycles. The third kappa shape index (κ3) is 6.32. The number of carbonyl (C=O) groups is 2. The Labute approximate surface area is 198 Å². The molecule has 32 heavy (non-hydrogen) atoms. The van der Waals surface area contributed by atoms with E-state index in [0.717, 1.165) is 15.2 Å². The van der Waals surface area contributed by atoms with Crippen molar-refractivity contribution in [2.75, 3.05) is 20.3 Å². The van der Waals surface area contributed by atoms with Crippen molar-refractivity contribution in [3.8, 4) is 17.2 Å². The average molecular weight is 518 g/mol. The average Bonchev–Trinajstić information content (AvgIpc) is 2.81. The lowest BCUT2D eigenvalue weighted by atomic mass is 10.1. The minimum absolute atomic E-state index is 0.0816. The van der Waals surface area contributed by atoms with Gasteiger partial charge in [0.2, 0.25) is 0 Å². The van der Waals surface area contributed by atoms with Crippen LogP contribution in [0.2, 0.25) is 0 Å². The van der Waals surface area contributed by atoms with Gasteiger partial charge >= 0.3 is 0 Å². The Bertz CT molecular complexity index is 1140. The summed E-state index contributed by atoms with van der Waals surface area (Å²) in [6.45, 7) is -0.535. The van der Waals surface area contributed by atoms with Crippen LogP contribution in [-0.4, -0.2) is 37.3 Å². The van der Waals surface area contributed by atoms with Crippen molar-refractivity contribution in [2.24, 2.45) is 0 Å².